The second-order valence-electron chi connectivity index (χ2n) is 9.40. The van der Waals surface area contributed by atoms with Crippen LogP contribution < -0.4 is 4.90 Å². The van der Waals surface area contributed by atoms with Crippen LogP contribution in [0.25, 0.3) is 0 Å². The Labute approximate surface area is 190 Å². The highest BCUT2D eigenvalue weighted by Crippen LogP contribution is 2.47. The molecule has 2 aromatic carbocycles. The summed E-state index contributed by atoms with van der Waals surface area (Å²) in [5, 5.41) is 1.21. The first-order chi connectivity index (χ1) is 14.3. The highest BCUT2D eigenvalue weighted by Gasteiger charge is 2.46. The molecular weight excluding hydrogens is 415 g/mol. The van der Waals surface area contributed by atoms with Crippen LogP contribution >= 0.6 is 23.2 Å². The third-order valence-corrected chi connectivity index (χ3v) is 7.30. The van der Waals surface area contributed by atoms with Gasteiger partial charge in [-0.3, -0.25) is 9.69 Å². The van der Waals surface area contributed by atoms with Crippen LogP contribution in [0.15, 0.2) is 36.4 Å². The Hall–Kier alpha value is -1.55. The van der Waals surface area contributed by atoms with E-state index in [1.54, 1.807) is 0 Å². The van der Waals surface area contributed by atoms with E-state index >= 15 is 0 Å². The number of fused-ring (bicyclic) bond motifs is 2. The molecule has 3 nitrogen and oxygen atoms in total. The van der Waals surface area contributed by atoms with Crippen molar-refractivity contribution in [1.29, 1.82) is 0 Å². The normalized spacial score (nSPS) is 18.3. The fraction of sp³-hybridized carbons (Fsp3) is 0.480. The number of piperidine rings is 1. The summed E-state index contributed by atoms with van der Waals surface area (Å²) in [5.74, 6) is 0.626. The van der Waals surface area contributed by atoms with E-state index in [1.807, 2.05) is 12.1 Å². The molecule has 2 aliphatic heterocycles. The van der Waals surface area contributed by atoms with E-state index in [1.165, 1.54) is 16.7 Å². The monoisotopic (exact) mass is 444 g/mol. The molecule has 1 saturated heterocycles. The third kappa shape index (κ3) is 4.26. The topological polar surface area (TPSA) is 23.6 Å². The second kappa shape index (κ2) is 8.53. The number of rotatable bonds is 4. The molecule has 160 valence electrons. The molecule has 0 atom stereocenters. The van der Waals surface area contributed by atoms with Crippen LogP contribution in [-0.2, 0) is 16.8 Å². The van der Waals surface area contributed by atoms with Gasteiger partial charge >= 0.3 is 0 Å². The van der Waals surface area contributed by atoms with Crippen LogP contribution in [0.4, 0.5) is 5.69 Å². The summed E-state index contributed by atoms with van der Waals surface area (Å²) in [5.41, 5.74) is 5.03. The van der Waals surface area contributed by atoms with E-state index in [0.717, 1.165) is 44.7 Å². The zero-order chi connectivity index (χ0) is 21.5. The fourth-order valence-electron chi connectivity index (χ4n) is 4.93. The van der Waals surface area contributed by atoms with Crippen LogP contribution in [0.5, 0.6) is 0 Å². The van der Waals surface area contributed by atoms with E-state index in [9.17, 15) is 4.79 Å². The van der Waals surface area contributed by atoms with Gasteiger partial charge in [0.2, 0.25) is 5.91 Å². The van der Waals surface area contributed by atoms with Crippen molar-refractivity contribution in [1.82, 2.24) is 4.90 Å². The van der Waals surface area contributed by atoms with Gasteiger partial charge < -0.3 is 4.90 Å². The molecule has 2 aliphatic rings. The number of hydrogen-bond acceptors (Lipinski definition) is 2. The molecule has 0 aromatic heterocycles. The molecule has 0 aliphatic carbocycles. The summed E-state index contributed by atoms with van der Waals surface area (Å²) in [6.07, 6.45) is 2.74. The first-order valence-corrected chi connectivity index (χ1v) is 11.6. The van der Waals surface area contributed by atoms with Crippen molar-refractivity contribution < 1.29 is 4.79 Å². The summed E-state index contributed by atoms with van der Waals surface area (Å²) < 4.78 is 0. The van der Waals surface area contributed by atoms with E-state index in [4.69, 9.17) is 23.2 Å². The molecule has 1 spiro atoms. The number of carbonyl (C=O) groups excluding carboxylic acids is 1. The number of nitrogens with zero attached hydrogens (tertiary/aromatic N) is 2. The number of amides is 1. The van der Waals surface area contributed by atoms with Crippen LogP contribution in [0.3, 0.4) is 0 Å². The number of benzene rings is 2. The van der Waals surface area contributed by atoms with Crippen molar-refractivity contribution in [3.05, 3.63) is 63.1 Å². The van der Waals surface area contributed by atoms with Crippen LogP contribution in [0, 0.1) is 12.8 Å². The van der Waals surface area contributed by atoms with Crippen molar-refractivity contribution in [3.63, 3.8) is 0 Å². The Kier molecular flexibility index (Phi) is 6.16. The maximum absolute atomic E-state index is 13.0. The summed E-state index contributed by atoms with van der Waals surface area (Å²) in [6.45, 7) is 10.1. The van der Waals surface area contributed by atoms with Crippen LogP contribution in [0.2, 0.25) is 10.0 Å². The van der Waals surface area contributed by atoms with Crippen LogP contribution in [0.1, 0.15) is 49.8 Å². The van der Waals surface area contributed by atoms with Gasteiger partial charge in [-0.25, -0.2) is 0 Å². The van der Waals surface area contributed by atoms with E-state index < -0.39 is 0 Å². The zero-order valence-corrected chi connectivity index (χ0v) is 19.6. The molecular formula is C25H30Cl2N2O. The van der Waals surface area contributed by atoms with Gasteiger partial charge in [-0.05, 0) is 68.1 Å². The lowest BCUT2D eigenvalue weighted by atomic mass is 9.74. The number of likely N-dealkylation sites (tertiary alicyclic amines) is 1. The summed E-state index contributed by atoms with van der Waals surface area (Å²) in [7, 11) is 0. The molecule has 2 aromatic rings. The predicted octanol–water partition coefficient (Wildman–Crippen LogP) is 6.23. The number of aryl methyl sites for hydroxylation is 1. The minimum Gasteiger partial charge on any atom is -0.311 e. The lowest BCUT2D eigenvalue weighted by Crippen LogP contribution is -2.45. The Bertz CT molecular complexity index is 948. The molecule has 30 heavy (non-hydrogen) atoms. The van der Waals surface area contributed by atoms with Crippen LogP contribution in [-0.4, -0.2) is 30.4 Å². The zero-order valence-electron chi connectivity index (χ0n) is 18.0. The molecule has 1 fully saturated rings. The maximum Gasteiger partial charge on any atom is 0.227 e. The van der Waals surface area contributed by atoms with Gasteiger partial charge in [0.25, 0.3) is 0 Å². The standard InChI is InChI=1S/C25H30Cl2N2O/c1-17(2)12-24(30)29-16-25(20-13-18(3)4-7-23(20)29)8-10-28(11-9-25)15-19-5-6-21(26)22(27)14-19/h4-7,13-14,17H,8-12,15-16H2,1-3H3. The smallest absolute Gasteiger partial charge is 0.227 e. The quantitative estimate of drug-likeness (QED) is 0.557. The summed E-state index contributed by atoms with van der Waals surface area (Å²) in [6, 6.07) is 12.5. The Balaban J connectivity index is 1.52. The number of halogens is 2. The molecule has 1 amide bonds. The lowest BCUT2D eigenvalue weighted by molar-refractivity contribution is -0.119. The third-order valence-electron chi connectivity index (χ3n) is 6.56. The predicted molar refractivity (Wildman–Crippen MR) is 126 cm³/mol. The van der Waals surface area contributed by atoms with Crippen molar-refractivity contribution >= 4 is 34.8 Å². The van der Waals surface area contributed by atoms with E-state index in [-0.39, 0.29) is 11.3 Å². The average Bonchev–Trinajstić information content (AvgIpc) is 3.00. The molecule has 2 heterocycles. The number of hydrogen-bond donors (Lipinski definition) is 0. The second-order valence-corrected chi connectivity index (χ2v) is 10.2. The van der Waals surface area contributed by atoms with Gasteiger partial charge in [0.15, 0.2) is 0 Å². The highest BCUT2D eigenvalue weighted by molar-refractivity contribution is 6.42. The molecule has 0 N–H and O–H groups in total. The first kappa shape index (κ1) is 21.7. The van der Waals surface area contributed by atoms with Gasteiger partial charge in [-0.1, -0.05) is 60.8 Å². The molecule has 0 bridgehead atoms. The SMILES string of the molecule is Cc1ccc2c(c1)C1(CCN(Cc3ccc(Cl)c(Cl)c3)CC1)CN2C(=O)CC(C)C. The lowest BCUT2D eigenvalue weighted by Gasteiger charge is -2.40. The van der Waals surface area contributed by atoms with Crippen molar-refractivity contribution in [2.75, 3.05) is 24.5 Å². The highest BCUT2D eigenvalue weighted by atomic mass is 35.5. The van der Waals surface area contributed by atoms with Gasteiger partial charge in [0, 0.05) is 30.6 Å². The minimum absolute atomic E-state index is 0.0716. The first-order valence-electron chi connectivity index (χ1n) is 10.9. The van der Waals surface area contributed by atoms with Gasteiger partial charge in [0.1, 0.15) is 0 Å². The van der Waals surface area contributed by atoms with Gasteiger partial charge in [0.05, 0.1) is 10.0 Å². The molecule has 0 radical (unpaired) electrons. The maximum atomic E-state index is 13.0. The molecule has 4 rings (SSSR count). The summed E-state index contributed by atoms with van der Waals surface area (Å²) in [4.78, 5) is 17.5. The van der Waals surface area contributed by atoms with E-state index in [0.29, 0.717) is 22.4 Å². The van der Waals surface area contributed by atoms with Crippen molar-refractivity contribution in [3.8, 4) is 0 Å². The molecule has 0 unspecified atom stereocenters. The minimum atomic E-state index is 0.0716. The Morgan fingerprint density at radius 2 is 1.80 bits per heavy atom. The molecule has 0 saturated carbocycles. The number of anilines is 1. The Morgan fingerprint density at radius 1 is 1.07 bits per heavy atom. The van der Waals surface area contributed by atoms with Gasteiger partial charge in [-0.2, -0.15) is 0 Å². The summed E-state index contributed by atoms with van der Waals surface area (Å²) >= 11 is 12.3. The van der Waals surface area contributed by atoms with Gasteiger partial charge in [-0.15, -0.1) is 0 Å². The average molecular weight is 445 g/mol. The molecule has 5 heteroatoms. The van der Waals surface area contributed by atoms with Crippen molar-refractivity contribution in [2.24, 2.45) is 5.92 Å². The van der Waals surface area contributed by atoms with E-state index in [2.05, 4.69) is 54.8 Å². The van der Waals surface area contributed by atoms with Crippen molar-refractivity contribution in [2.45, 2.75) is 52.0 Å². The fourth-order valence-corrected chi connectivity index (χ4v) is 5.25. The number of carbonyl (C=O) groups is 1. The Morgan fingerprint density at radius 3 is 2.47 bits per heavy atom. The largest absolute Gasteiger partial charge is 0.311 e.